The van der Waals surface area contributed by atoms with E-state index in [0.29, 0.717) is 11.4 Å². The van der Waals surface area contributed by atoms with Crippen molar-refractivity contribution in [3.8, 4) is 5.88 Å². The molecule has 70 valence electrons. The van der Waals surface area contributed by atoms with E-state index in [2.05, 4.69) is 9.97 Å². The molecule has 1 aromatic heterocycles. The second-order valence-electron chi connectivity index (χ2n) is 2.56. The fourth-order valence-corrected chi connectivity index (χ4v) is 0.864. The highest BCUT2D eigenvalue weighted by Crippen LogP contribution is 2.14. The molecule has 1 heterocycles. The molecule has 0 aliphatic carbocycles. The van der Waals surface area contributed by atoms with E-state index in [1.807, 2.05) is 0 Å². The number of hydrogen-bond donors (Lipinski definition) is 1. The first-order valence-electron chi connectivity index (χ1n) is 3.68. The van der Waals surface area contributed by atoms with Crippen LogP contribution in [0.25, 0.3) is 0 Å². The molecule has 0 radical (unpaired) electrons. The quantitative estimate of drug-likeness (QED) is 0.732. The number of hydrogen-bond acceptors (Lipinski definition) is 4. The summed E-state index contributed by atoms with van der Waals surface area (Å²) in [4.78, 5) is 18.5. The molecule has 13 heavy (non-hydrogen) atoms. The molecule has 0 saturated carbocycles. The van der Waals surface area contributed by atoms with Gasteiger partial charge in [0.15, 0.2) is 0 Å². The number of carbonyl (C=O) groups is 1. The van der Waals surface area contributed by atoms with Crippen LogP contribution >= 0.6 is 0 Å². The average molecular weight is 182 g/mol. The monoisotopic (exact) mass is 182 g/mol. The van der Waals surface area contributed by atoms with Crippen LogP contribution in [0.5, 0.6) is 5.88 Å². The van der Waals surface area contributed by atoms with Crippen molar-refractivity contribution in [2.45, 2.75) is 13.8 Å². The van der Waals surface area contributed by atoms with Gasteiger partial charge in [-0.3, -0.25) is 0 Å². The van der Waals surface area contributed by atoms with E-state index < -0.39 is 5.97 Å². The minimum Gasteiger partial charge on any atom is -0.479 e. The van der Waals surface area contributed by atoms with Crippen molar-refractivity contribution in [1.82, 2.24) is 9.97 Å². The summed E-state index contributed by atoms with van der Waals surface area (Å²) in [5.74, 6) is -1.08. The third-order valence-corrected chi connectivity index (χ3v) is 1.67. The van der Waals surface area contributed by atoms with E-state index in [1.54, 1.807) is 13.8 Å². The number of carboxylic acid groups (broad SMARTS) is 1. The van der Waals surface area contributed by atoms with Crippen LogP contribution in [0.1, 0.15) is 21.9 Å². The predicted octanol–water partition coefficient (Wildman–Crippen LogP) is 0.800. The molecule has 0 amide bonds. The second-order valence-corrected chi connectivity index (χ2v) is 2.56. The Morgan fingerprint density at radius 2 is 1.85 bits per heavy atom. The first kappa shape index (κ1) is 9.44. The van der Waals surface area contributed by atoms with E-state index in [4.69, 9.17) is 9.84 Å². The molecule has 0 atom stereocenters. The Hall–Kier alpha value is -1.65. The van der Waals surface area contributed by atoms with Gasteiger partial charge in [-0.05, 0) is 13.8 Å². The van der Waals surface area contributed by atoms with Crippen LogP contribution in [0.2, 0.25) is 0 Å². The predicted molar refractivity (Wildman–Crippen MR) is 45.0 cm³/mol. The van der Waals surface area contributed by atoms with Crippen LogP contribution in [0.15, 0.2) is 0 Å². The molecule has 1 rings (SSSR count). The Balaban J connectivity index is 3.33. The number of aromatic carboxylic acids is 1. The molecular formula is C8H10N2O3. The largest absolute Gasteiger partial charge is 0.479 e. The molecule has 0 spiro atoms. The summed E-state index contributed by atoms with van der Waals surface area (Å²) < 4.78 is 4.79. The normalized spacial score (nSPS) is 9.77. The van der Waals surface area contributed by atoms with Gasteiger partial charge in [-0.2, -0.15) is 0 Å². The number of methoxy groups -OCH3 is 1. The van der Waals surface area contributed by atoms with Crippen LogP contribution in [-0.4, -0.2) is 28.2 Å². The lowest BCUT2D eigenvalue weighted by Gasteiger charge is -2.05. The van der Waals surface area contributed by atoms with Crippen molar-refractivity contribution in [3.63, 3.8) is 0 Å². The maximum atomic E-state index is 10.7. The number of aromatic nitrogens is 2. The molecule has 0 aliphatic heterocycles. The van der Waals surface area contributed by atoms with Gasteiger partial charge in [0.05, 0.1) is 18.5 Å². The molecule has 0 saturated heterocycles. The van der Waals surface area contributed by atoms with E-state index in [0.717, 1.165) is 0 Å². The van der Waals surface area contributed by atoms with Crippen LogP contribution in [0.3, 0.4) is 0 Å². The third-order valence-electron chi connectivity index (χ3n) is 1.67. The SMILES string of the molecule is COc1nc(C)c(C)nc1C(=O)O. The molecule has 0 bridgehead atoms. The number of rotatable bonds is 2. The molecule has 1 aromatic rings. The zero-order valence-corrected chi connectivity index (χ0v) is 7.66. The Labute approximate surface area is 75.4 Å². The van der Waals surface area contributed by atoms with Crippen molar-refractivity contribution < 1.29 is 14.6 Å². The number of aryl methyl sites for hydroxylation is 2. The fraction of sp³-hybridized carbons (Fsp3) is 0.375. The highest BCUT2D eigenvalue weighted by Gasteiger charge is 2.15. The molecule has 1 N–H and O–H groups in total. The van der Waals surface area contributed by atoms with Gasteiger partial charge in [0, 0.05) is 0 Å². The van der Waals surface area contributed by atoms with E-state index in [1.165, 1.54) is 7.11 Å². The van der Waals surface area contributed by atoms with Crippen LogP contribution in [-0.2, 0) is 0 Å². The molecule has 0 fully saturated rings. The summed E-state index contributed by atoms with van der Waals surface area (Å²) in [6.07, 6.45) is 0. The van der Waals surface area contributed by atoms with Gasteiger partial charge >= 0.3 is 5.97 Å². The maximum absolute atomic E-state index is 10.7. The smallest absolute Gasteiger partial charge is 0.360 e. The summed E-state index contributed by atoms with van der Waals surface area (Å²) >= 11 is 0. The van der Waals surface area contributed by atoms with Crippen molar-refractivity contribution in [2.24, 2.45) is 0 Å². The number of carboxylic acids is 1. The van der Waals surface area contributed by atoms with E-state index >= 15 is 0 Å². The van der Waals surface area contributed by atoms with Gasteiger partial charge in [-0.25, -0.2) is 14.8 Å². The van der Waals surface area contributed by atoms with Crippen LogP contribution in [0.4, 0.5) is 0 Å². The topological polar surface area (TPSA) is 72.3 Å². The van der Waals surface area contributed by atoms with Gasteiger partial charge in [0.25, 0.3) is 0 Å². The van der Waals surface area contributed by atoms with Gasteiger partial charge in [-0.15, -0.1) is 0 Å². The van der Waals surface area contributed by atoms with E-state index in [9.17, 15) is 4.79 Å². The summed E-state index contributed by atoms with van der Waals surface area (Å²) in [5.41, 5.74) is 1.12. The average Bonchev–Trinajstić information content (AvgIpc) is 2.08. The Morgan fingerprint density at radius 3 is 2.31 bits per heavy atom. The minimum atomic E-state index is -1.13. The summed E-state index contributed by atoms with van der Waals surface area (Å²) in [6.45, 7) is 3.45. The van der Waals surface area contributed by atoms with Crippen molar-refractivity contribution in [2.75, 3.05) is 7.11 Å². The van der Waals surface area contributed by atoms with Crippen molar-refractivity contribution >= 4 is 5.97 Å². The third kappa shape index (κ3) is 1.74. The number of nitrogens with zero attached hydrogens (tertiary/aromatic N) is 2. The Bertz CT molecular complexity index is 349. The number of ether oxygens (including phenoxy) is 1. The van der Waals surface area contributed by atoms with Gasteiger partial charge in [0.1, 0.15) is 0 Å². The van der Waals surface area contributed by atoms with Gasteiger partial charge < -0.3 is 9.84 Å². The summed E-state index contributed by atoms with van der Waals surface area (Å²) in [5, 5.41) is 8.73. The highest BCUT2D eigenvalue weighted by atomic mass is 16.5. The zero-order chi connectivity index (χ0) is 10.0. The minimum absolute atomic E-state index is 0.0515. The zero-order valence-electron chi connectivity index (χ0n) is 7.66. The molecule has 0 aromatic carbocycles. The Kier molecular flexibility index (Phi) is 2.46. The molecular weight excluding hydrogens is 172 g/mol. The van der Waals surface area contributed by atoms with Crippen LogP contribution < -0.4 is 4.74 Å². The first-order chi connectivity index (χ1) is 6.06. The summed E-state index contributed by atoms with van der Waals surface area (Å²) in [6, 6.07) is 0. The highest BCUT2D eigenvalue weighted by molar-refractivity contribution is 5.87. The molecule has 5 nitrogen and oxygen atoms in total. The van der Waals surface area contributed by atoms with Gasteiger partial charge in [0.2, 0.25) is 11.6 Å². The lowest BCUT2D eigenvalue weighted by atomic mass is 10.3. The van der Waals surface area contributed by atoms with Crippen molar-refractivity contribution in [3.05, 3.63) is 17.1 Å². The standard InChI is InChI=1S/C8H10N2O3/c1-4-5(2)10-7(13-3)6(9-4)8(11)12/h1-3H3,(H,11,12). The lowest BCUT2D eigenvalue weighted by Crippen LogP contribution is -2.08. The fourth-order valence-electron chi connectivity index (χ4n) is 0.864. The molecule has 5 heteroatoms. The molecule has 0 unspecified atom stereocenters. The van der Waals surface area contributed by atoms with Crippen molar-refractivity contribution in [1.29, 1.82) is 0 Å². The first-order valence-corrected chi connectivity index (χ1v) is 3.68. The second kappa shape index (κ2) is 3.38. The molecule has 0 aliphatic rings. The summed E-state index contributed by atoms with van der Waals surface area (Å²) in [7, 11) is 1.37. The van der Waals surface area contributed by atoms with Gasteiger partial charge in [-0.1, -0.05) is 0 Å². The lowest BCUT2D eigenvalue weighted by molar-refractivity contribution is 0.0685. The maximum Gasteiger partial charge on any atom is 0.360 e. The van der Waals surface area contributed by atoms with E-state index in [-0.39, 0.29) is 11.6 Å². The Morgan fingerprint density at radius 1 is 1.31 bits per heavy atom. The van der Waals surface area contributed by atoms with Crippen LogP contribution in [0, 0.1) is 13.8 Å².